The summed E-state index contributed by atoms with van der Waals surface area (Å²) < 4.78 is 3.50. The fourth-order valence-corrected chi connectivity index (χ4v) is 5.53. The van der Waals surface area contributed by atoms with Gasteiger partial charge in [-0.25, -0.2) is 9.97 Å². The van der Waals surface area contributed by atoms with Gasteiger partial charge in [-0.15, -0.1) is 22.9 Å². The van der Waals surface area contributed by atoms with Crippen LogP contribution in [0.2, 0.25) is 5.02 Å². The van der Waals surface area contributed by atoms with E-state index < -0.39 is 4.87 Å². The topological polar surface area (TPSA) is 52.7 Å². The number of hydrogen-bond donors (Lipinski definition) is 0. The van der Waals surface area contributed by atoms with Gasteiger partial charge in [0.2, 0.25) is 0 Å². The molecule has 0 N–H and O–H groups in total. The molecule has 0 aliphatic heterocycles. The molecule has 4 heterocycles. The third kappa shape index (κ3) is 3.59. The number of fused-ring (bicyclic) bond motifs is 1. The molecule has 8 heteroatoms. The third-order valence-electron chi connectivity index (χ3n) is 5.85. The number of halogens is 2. The predicted octanol–water partition coefficient (Wildman–Crippen LogP) is 5.89. The van der Waals surface area contributed by atoms with Crippen LogP contribution in [0.5, 0.6) is 0 Å². The molecule has 4 aromatic heterocycles. The van der Waals surface area contributed by atoms with E-state index in [0.29, 0.717) is 10.7 Å². The average Bonchev–Trinajstić information content (AvgIpc) is 3.44. The summed E-state index contributed by atoms with van der Waals surface area (Å²) in [5.41, 5.74) is 5.55. The molecule has 1 atom stereocenters. The van der Waals surface area contributed by atoms with Gasteiger partial charge >= 0.3 is 0 Å². The lowest BCUT2D eigenvalue weighted by atomic mass is 9.90. The second-order valence-electron chi connectivity index (χ2n) is 8.06. The molecule has 166 valence electrons. The van der Waals surface area contributed by atoms with Gasteiger partial charge in [0.25, 0.3) is 5.56 Å². The first-order valence-electron chi connectivity index (χ1n) is 10.3. The summed E-state index contributed by atoms with van der Waals surface area (Å²) in [4.78, 5) is 21.9. The van der Waals surface area contributed by atoms with Crippen LogP contribution in [-0.2, 0) is 19.0 Å². The largest absolute Gasteiger partial charge is 0.336 e. The molecule has 0 radical (unpaired) electrons. The van der Waals surface area contributed by atoms with Crippen LogP contribution in [0.4, 0.5) is 0 Å². The molecule has 5 aromatic rings. The number of hydrogen-bond acceptors (Lipinski definition) is 4. The van der Waals surface area contributed by atoms with Crippen molar-refractivity contribution in [2.45, 2.75) is 11.8 Å². The van der Waals surface area contributed by atoms with Gasteiger partial charge in [-0.05, 0) is 53.8 Å². The SMILES string of the molecule is Cc1csc(-c2cc(=O)n(C)c3ccc([C@](Cl)(c4ccc(Cl)cc4)c4cncn4C)nc23)c1. The zero-order chi connectivity index (χ0) is 23.3. The summed E-state index contributed by atoms with van der Waals surface area (Å²) in [6.45, 7) is 2.04. The lowest BCUT2D eigenvalue weighted by Gasteiger charge is -2.28. The minimum absolute atomic E-state index is 0.0837. The Kier molecular flexibility index (Phi) is 5.40. The number of thiophene rings is 1. The minimum Gasteiger partial charge on any atom is -0.336 e. The summed E-state index contributed by atoms with van der Waals surface area (Å²) in [5.74, 6) is 0. The van der Waals surface area contributed by atoms with Gasteiger partial charge in [-0.2, -0.15) is 0 Å². The van der Waals surface area contributed by atoms with Crippen LogP contribution in [0.15, 0.2) is 71.2 Å². The molecule has 33 heavy (non-hydrogen) atoms. The lowest BCUT2D eigenvalue weighted by Crippen LogP contribution is -2.27. The first-order valence-corrected chi connectivity index (χ1v) is 11.9. The molecule has 5 rings (SSSR count). The van der Waals surface area contributed by atoms with Crippen LogP contribution in [0.3, 0.4) is 0 Å². The van der Waals surface area contributed by atoms with Crippen LogP contribution in [0.25, 0.3) is 21.5 Å². The fourth-order valence-electron chi connectivity index (χ4n) is 4.08. The zero-order valence-corrected chi connectivity index (χ0v) is 20.5. The summed E-state index contributed by atoms with van der Waals surface area (Å²) in [6.07, 6.45) is 3.46. The van der Waals surface area contributed by atoms with Crippen molar-refractivity contribution in [2.24, 2.45) is 14.1 Å². The van der Waals surface area contributed by atoms with Gasteiger partial charge < -0.3 is 9.13 Å². The highest BCUT2D eigenvalue weighted by molar-refractivity contribution is 7.13. The highest BCUT2D eigenvalue weighted by Gasteiger charge is 2.38. The molecule has 0 aliphatic rings. The van der Waals surface area contributed by atoms with Gasteiger partial charge in [-0.1, -0.05) is 23.7 Å². The monoisotopic (exact) mass is 494 g/mol. The van der Waals surface area contributed by atoms with Crippen molar-refractivity contribution in [1.82, 2.24) is 19.1 Å². The molecule has 1 aromatic carbocycles. The molecular weight excluding hydrogens is 475 g/mol. The Morgan fingerprint density at radius 1 is 1.06 bits per heavy atom. The van der Waals surface area contributed by atoms with Crippen LogP contribution >= 0.6 is 34.5 Å². The van der Waals surface area contributed by atoms with Crippen LogP contribution in [0, 0.1) is 6.92 Å². The molecule has 0 aliphatic carbocycles. The zero-order valence-electron chi connectivity index (χ0n) is 18.2. The van der Waals surface area contributed by atoms with Crippen LogP contribution < -0.4 is 5.56 Å². The van der Waals surface area contributed by atoms with E-state index in [0.717, 1.165) is 38.3 Å². The maximum Gasteiger partial charge on any atom is 0.251 e. The second-order valence-corrected chi connectivity index (χ2v) is 9.98. The van der Waals surface area contributed by atoms with E-state index in [4.69, 9.17) is 28.2 Å². The van der Waals surface area contributed by atoms with E-state index in [-0.39, 0.29) is 5.56 Å². The van der Waals surface area contributed by atoms with E-state index in [1.165, 1.54) is 0 Å². The van der Waals surface area contributed by atoms with Crippen molar-refractivity contribution in [3.8, 4) is 10.4 Å². The minimum atomic E-state index is -1.11. The van der Waals surface area contributed by atoms with Crippen molar-refractivity contribution in [3.63, 3.8) is 0 Å². The Hall–Kier alpha value is -2.93. The van der Waals surface area contributed by atoms with Gasteiger partial charge in [0, 0.05) is 35.6 Å². The molecule has 5 nitrogen and oxygen atoms in total. The number of aryl methyl sites for hydroxylation is 3. The van der Waals surface area contributed by atoms with E-state index in [1.807, 2.05) is 54.9 Å². The Morgan fingerprint density at radius 2 is 1.82 bits per heavy atom. The Bertz CT molecular complexity index is 1550. The van der Waals surface area contributed by atoms with Crippen LogP contribution in [-0.4, -0.2) is 19.1 Å². The summed E-state index contributed by atoms with van der Waals surface area (Å²) in [6, 6.07) is 14.9. The highest BCUT2D eigenvalue weighted by Crippen LogP contribution is 2.43. The Labute approximate surface area is 204 Å². The van der Waals surface area contributed by atoms with Crippen molar-refractivity contribution in [3.05, 3.63) is 104 Å². The molecule has 0 spiro atoms. The first kappa shape index (κ1) is 21.9. The van der Waals surface area contributed by atoms with Gasteiger partial charge in [0.05, 0.1) is 34.9 Å². The molecule has 0 saturated heterocycles. The van der Waals surface area contributed by atoms with E-state index in [9.17, 15) is 4.79 Å². The average molecular weight is 495 g/mol. The number of alkyl halides is 1. The maximum atomic E-state index is 12.7. The molecular formula is C25H20Cl2N4OS. The summed E-state index contributed by atoms with van der Waals surface area (Å²) in [5, 5.41) is 2.69. The van der Waals surface area contributed by atoms with Gasteiger partial charge in [-0.3, -0.25) is 4.79 Å². The van der Waals surface area contributed by atoms with E-state index in [2.05, 4.69) is 16.4 Å². The highest BCUT2D eigenvalue weighted by atomic mass is 35.5. The number of nitrogens with zero attached hydrogens (tertiary/aromatic N) is 4. The van der Waals surface area contributed by atoms with E-state index in [1.54, 1.807) is 41.5 Å². The Morgan fingerprint density at radius 3 is 2.45 bits per heavy atom. The smallest absolute Gasteiger partial charge is 0.251 e. The molecule has 0 bridgehead atoms. The van der Waals surface area contributed by atoms with Crippen molar-refractivity contribution in [2.75, 3.05) is 0 Å². The normalized spacial score (nSPS) is 13.4. The Balaban J connectivity index is 1.83. The lowest BCUT2D eigenvalue weighted by molar-refractivity contribution is 0.729. The summed E-state index contributed by atoms with van der Waals surface area (Å²) in [7, 11) is 3.66. The van der Waals surface area contributed by atoms with Gasteiger partial charge in [0.15, 0.2) is 4.87 Å². The first-order chi connectivity index (χ1) is 15.8. The molecule has 0 fully saturated rings. The number of pyridine rings is 2. The van der Waals surface area contributed by atoms with Crippen molar-refractivity contribution < 1.29 is 0 Å². The van der Waals surface area contributed by atoms with E-state index >= 15 is 0 Å². The summed E-state index contributed by atoms with van der Waals surface area (Å²) >= 11 is 15.2. The maximum absolute atomic E-state index is 12.7. The van der Waals surface area contributed by atoms with Crippen LogP contribution in [0.1, 0.15) is 22.5 Å². The van der Waals surface area contributed by atoms with Crippen molar-refractivity contribution >= 4 is 45.6 Å². The number of benzene rings is 1. The van der Waals surface area contributed by atoms with Crippen molar-refractivity contribution in [1.29, 1.82) is 0 Å². The molecule has 0 saturated carbocycles. The number of rotatable bonds is 4. The van der Waals surface area contributed by atoms with Gasteiger partial charge in [0.1, 0.15) is 0 Å². The number of imidazole rings is 1. The number of aromatic nitrogens is 4. The standard InChI is InChI=1S/C25H20Cl2N4OS/c1-15-10-20(33-13-15)18-11-23(32)31(3)19-8-9-21(29-24(18)19)25(27,22-12-28-14-30(22)2)16-4-6-17(26)7-5-16/h4-14H,1-3H3/t25-/m1/s1. The quantitative estimate of drug-likeness (QED) is 0.292. The fraction of sp³-hybridized carbons (Fsp3) is 0.160. The molecule has 0 amide bonds. The predicted molar refractivity (Wildman–Crippen MR) is 135 cm³/mol. The second kappa shape index (κ2) is 8.13. The molecule has 0 unspecified atom stereocenters. The third-order valence-corrected chi connectivity index (χ3v) is 7.79.